The normalized spacial score (nSPS) is 11.4. The second-order valence-electron chi connectivity index (χ2n) is 37.6. The van der Waals surface area contributed by atoms with Gasteiger partial charge in [-0.1, -0.05) is 146 Å². The lowest BCUT2D eigenvalue weighted by Gasteiger charge is -2.31. The maximum Gasteiger partial charge on any atom is 0.419 e. The van der Waals surface area contributed by atoms with E-state index in [0.717, 1.165) is 102 Å². The van der Waals surface area contributed by atoms with E-state index in [9.17, 15) is 19.2 Å². The van der Waals surface area contributed by atoms with Crippen molar-refractivity contribution in [3.05, 3.63) is 461 Å². The number of amides is 4. The molecule has 0 aliphatic carbocycles. The summed E-state index contributed by atoms with van der Waals surface area (Å²) in [7, 11) is 0. The molecule has 17 aromatic rings. The lowest BCUT2D eigenvalue weighted by atomic mass is 10.1. The number of rotatable bonds is 26. The van der Waals surface area contributed by atoms with Crippen molar-refractivity contribution in [3.8, 4) is 0 Å². The summed E-state index contributed by atoms with van der Waals surface area (Å²) >= 11 is 0. The van der Waals surface area contributed by atoms with Gasteiger partial charge in [-0.15, -0.1) is 0 Å². The summed E-state index contributed by atoms with van der Waals surface area (Å²) in [5.74, 6) is 0. The van der Waals surface area contributed by atoms with E-state index in [1.54, 1.807) is 114 Å². The van der Waals surface area contributed by atoms with Crippen molar-refractivity contribution in [1.29, 1.82) is 0 Å². The van der Waals surface area contributed by atoms with Crippen molar-refractivity contribution in [2.75, 3.05) is 49.0 Å². The molecule has 0 fully saturated rings. The summed E-state index contributed by atoms with van der Waals surface area (Å²) in [5, 5.41) is 0. The minimum atomic E-state index is -0.938. The largest absolute Gasteiger partial charge is 0.443 e. The topological polar surface area (TPSA) is 138 Å². The highest BCUT2D eigenvalue weighted by molar-refractivity contribution is 6.03. The van der Waals surface area contributed by atoms with Gasteiger partial charge in [0, 0.05) is 102 Å². The van der Waals surface area contributed by atoms with Crippen LogP contribution < -0.4 is 49.0 Å². The molecular weight excluding hydrogens is 1730 g/mol. The number of anilines is 26. The quantitative estimate of drug-likeness (QED) is 0.0475. The smallest absolute Gasteiger partial charge is 0.419 e. The molecule has 18 heteroatoms. The summed E-state index contributed by atoms with van der Waals surface area (Å²) in [5.41, 5.74) is 16.9. The van der Waals surface area contributed by atoms with Gasteiger partial charge in [0.2, 0.25) is 0 Å². The Morgan fingerprint density at radius 3 is 0.293 bits per heavy atom. The van der Waals surface area contributed by atoms with Gasteiger partial charge in [-0.05, 0) is 399 Å². The monoisotopic (exact) mass is 1840 g/mol. The number of hydrogen-bond donors (Lipinski definition) is 0. The fraction of sp³-hybridized carbons (Fsp3) is 0.131. The molecule has 0 bridgehead atoms. The molecule has 0 heterocycles. The van der Waals surface area contributed by atoms with Gasteiger partial charge in [-0.25, -0.2) is 38.8 Å². The first-order valence-electron chi connectivity index (χ1n) is 46.8. The fourth-order valence-corrected chi connectivity index (χ4v) is 16.7. The number of nitrogens with zero attached hydrogens (tertiary/aromatic N) is 10. The van der Waals surface area contributed by atoms with Crippen molar-refractivity contribution in [2.24, 2.45) is 0 Å². The van der Waals surface area contributed by atoms with Crippen LogP contribution in [-0.4, -0.2) is 46.8 Å². The number of carbonyl (C=O) groups excluding carboxylic acids is 4. The van der Waals surface area contributed by atoms with Crippen LogP contribution in [0.2, 0.25) is 0 Å². The first kappa shape index (κ1) is 94.4. The van der Waals surface area contributed by atoms with E-state index in [0.29, 0.717) is 45.5 Å². The van der Waals surface area contributed by atoms with Crippen LogP contribution in [0.1, 0.15) is 83.1 Å². The zero-order chi connectivity index (χ0) is 97.7. The molecule has 0 aromatic heterocycles. The standard InChI is InChI=1S/C122H112N10O8/c1-119(2,3)137-115(133)129(107-73-69-105(70-74-107)127(101-61-53-97(54-62-101)123(89-37-21-13-22-38-89)90-39-23-14-24-40-90)102-63-55-98(56-64-102)124(91-41-25-15-26-42-91)92-43-27-16-28-44-92)109-77-81-111(82-78-109)131(117(135)139-121(7,8)9)113-85-87-114(88-86-113)132(118(136)140-122(10,11)12)112-83-79-110(80-84-112)130(116(134)138-120(4,5)6)108-75-71-106(72-76-108)128(103-65-57-99(58-66-103)125(93-45-29-17-30-46-93)94-47-31-18-32-48-94)104-67-59-100(60-68-104)126(95-49-33-19-34-50-95)96-51-35-20-36-52-96/h13-88H,1-12H3. The summed E-state index contributed by atoms with van der Waals surface area (Å²) in [6.45, 7) is 21.7. The predicted molar refractivity (Wildman–Crippen MR) is 574 cm³/mol. The third-order valence-electron chi connectivity index (χ3n) is 22.7. The minimum absolute atomic E-state index is 0.388. The van der Waals surface area contributed by atoms with Crippen LogP contribution in [0.25, 0.3) is 0 Å². The molecule has 140 heavy (non-hydrogen) atoms. The van der Waals surface area contributed by atoms with Gasteiger partial charge < -0.3 is 48.3 Å². The third kappa shape index (κ3) is 22.6. The van der Waals surface area contributed by atoms with Crippen molar-refractivity contribution >= 4 is 172 Å². The van der Waals surface area contributed by atoms with Gasteiger partial charge >= 0.3 is 24.4 Å². The zero-order valence-electron chi connectivity index (χ0n) is 80.6. The number of carbonyl (C=O) groups is 4. The molecule has 0 radical (unpaired) electrons. The summed E-state index contributed by atoms with van der Waals surface area (Å²) < 4.78 is 24.8. The Bertz CT molecular complexity index is 6150. The Hall–Kier alpha value is -17.4. The molecular formula is C122H112N10O8. The Morgan fingerprint density at radius 2 is 0.207 bits per heavy atom. The Kier molecular flexibility index (Phi) is 27.9. The van der Waals surface area contributed by atoms with E-state index in [-0.39, 0.29) is 0 Å². The second-order valence-corrected chi connectivity index (χ2v) is 37.6. The number of ether oxygens (including phenoxy) is 4. The Balaban J connectivity index is 0.681. The van der Waals surface area contributed by atoms with Crippen molar-refractivity contribution in [3.63, 3.8) is 0 Å². The van der Waals surface area contributed by atoms with Crippen LogP contribution in [0.5, 0.6) is 0 Å². The molecule has 0 unspecified atom stereocenters. The predicted octanol–water partition coefficient (Wildman–Crippen LogP) is 34.8. The molecule has 698 valence electrons. The number of benzene rings is 17. The lowest BCUT2D eigenvalue weighted by molar-refractivity contribution is 0.0586. The van der Waals surface area contributed by atoms with E-state index in [4.69, 9.17) is 18.9 Å². The van der Waals surface area contributed by atoms with E-state index >= 15 is 0 Å². The molecule has 0 atom stereocenters. The number of hydrogen-bond acceptors (Lipinski definition) is 14. The molecule has 0 spiro atoms. The summed E-state index contributed by atoms with van der Waals surface area (Å²) in [4.78, 5) is 79.1. The zero-order valence-corrected chi connectivity index (χ0v) is 80.6. The van der Waals surface area contributed by atoms with Crippen LogP contribution in [-0.2, 0) is 18.9 Å². The summed E-state index contributed by atoms with van der Waals surface area (Å²) in [6, 6.07) is 153. The lowest BCUT2D eigenvalue weighted by Crippen LogP contribution is -2.35. The highest BCUT2D eigenvalue weighted by Gasteiger charge is 2.34. The van der Waals surface area contributed by atoms with Crippen LogP contribution in [0.4, 0.5) is 167 Å². The van der Waals surface area contributed by atoms with Gasteiger partial charge in [0.25, 0.3) is 0 Å². The van der Waals surface area contributed by atoms with Gasteiger partial charge in [0.05, 0.1) is 45.5 Å². The molecule has 17 aromatic carbocycles. The molecule has 0 N–H and O–H groups in total. The highest BCUT2D eigenvalue weighted by Crippen LogP contribution is 2.48. The number of para-hydroxylation sites is 8. The molecule has 0 aliphatic rings. The average Bonchev–Trinajstić information content (AvgIpc) is 0.779. The van der Waals surface area contributed by atoms with Gasteiger partial charge in [0.15, 0.2) is 0 Å². The van der Waals surface area contributed by atoms with E-state index in [2.05, 4.69) is 224 Å². The minimum Gasteiger partial charge on any atom is -0.443 e. The fourth-order valence-electron chi connectivity index (χ4n) is 16.7. The van der Waals surface area contributed by atoms with Crippen LogP contribution in [0, 0.1) is 0 Å². The Labute approximate surface area is 820 Å². The van der Waals surface area contributed by atoms with Crippen molar-refractivity contribution < 1.29 is 38.1 Å². The van der Waals surface area contributed by atoms with Crippen LogP contribution >= 0.6 is 0 Å². The van der Waals surface area contributed by atoms with E-state index in [1.807, 2.05) is 236 Å². The molecule has 17 rings (SSSR count). The SMILES string of the molecule is CC(C)(C)OC(=O)N(c1ccc(N(C(=O)OC(C)(C)C)c2ccc(N(C(=O)OC(C)(C)C)c3ccc(N(c4ccc(N(c5ccccc5)c5ccccc5)cc4)c4ccc(N(c5ccccc5)c5ccccc5)cc4)cc3)cc2)cc1)c1ccc(N(C(=O)OC(C)(C)C)c2ccc(N(c3ccc(N(c4ccccc4)c4ccccc4)cc3)c3ccc(N(c4ccccc4)c4ccccc4)cc3)cc2)cc1. The highest BCUT2D eigenvalue weighted by atomic mass is 16.6. The van der Waals surface area contributed by atoms with Crippen molar-refractivity contribution in [2.45, 2.75) is 105 Å². The maximum atomic E-state index is 15.0. The maximum absolute atomic E-state index is 15.0. The van der Waals surface area contributed by atoms with Gasteiger partial charge in [-0.3, -0.25) is 0 Å². The summed E-state index contributed by atoms with van der Waals surface area (Å²) in [6.07, 6.45) is -2.65. The van der Waals surface area contributed by atoms with Crippen LogP contribution in [0.15, 0.2) is 461 Å². The Morgan fingerprint density at radius 1 is 0.129 bits per heavy atom. The average molecular weight is 1850 g/mol. The third-order valence-corrected chi connectivity index (χ3v) is 22.7. The first-order valence-corrected chi connectivity index (χ1v) is 46.8. The molecule has 0 aliphatic heterocycles. The first-order chi connectivity index (χ1) is 67.6. The van der Waals surface area contributed by atoms with Gasteiger partial charge in [0.1, 0.15) is 22.4 Å². The van der Waals surface area contributed by atoms with Crippen LogP contribution in [0.3, 0.4) is 0 Å². The van der Waals surface area contributed by atoms with Crippen molar-refractivity contribution in [1.82, 2.24) is 0 Å². The van der Waals surface area contributed by atoms with Gasteiger partial charge in [-0.2, -0.15) is 0 Å². The molecule has 18 nitrogen and oxygen atoms in total. The second kappa shape index (κ2) is 41.4. The van der Waals surface area contributed by atoms with E-state index < -0.39 is 46.8 Å². The molecule has 0 saturated carbocycles. The molecule has 4 amide bonds. The molecule has 0 saturated heterocycles. The van der Waals surface area contributed by atoms with E-state index in [1.165, 1.54) is 19.6 Å².